The minimum atomic E-state index is -0.598. The quantitative estimate of drug-likeness (QED) is 0.828. The van der Waals surface area contributed by atoms with Crippen LogP contribution in [0.15, 0.2) is 48.5 Å². The fourth-order valence-corrected chi connectivity index (χ4v) is 1.96. The van der Waals surface area contributed by atoms with Gasteiger partial charge in [-0.2, -0.15) is 5.26 Å². The summed E-state index contributed by atoms with van der Waals surface area (Å²) >= 11 is 0. The van der Waals surface area contributed by atoms with E-state index in [0.717, 1.165) is 0 Å². The number of nitrogens with one attached hydrogen (secondary N) is 2. The Hall–Kier alpha value is -3.33. The van der Waals surface area contributed by atoms with Crippen molar-refractivity contribution >= 4 is 23.3 Å². The summed E-state index contributed by atoms with van der Waals surface area (Å²) in [5.74, 6) is -1.11. The van der Waals surface area contributed by atoms with Crippen LogP contribution in [0.25, 0.3) is 0 Å². The largest absolute Gasteiger partial charge is 0.452 e. The zero-order valence-corrected chi connectivity index (χ0v) is 12.5. The van der Waals surface area contributed by atoms with Crippen molar-refractivity contribution in [3.8, 4) is 6.07 Å². The van der Waals surface area contributed by atoms with Gasteiger partial charge in [-0.1, -0.05) is 24.3 Å². The van der Waals surface area contributed by atoms with Crippen LogP contribution in [0.5, 0.6) is 0 Å². The Morgan fingerprint density at radius 2 is 1.74 bits per heavy atom. The first-order chi connectivity index (χ1) is 11.2. The van der Waals surface area contributed by atoms with Gasteiger partial charge >= 0.3 is 5.97 Å². The molecular formula is C17H15N3O3. The molecule has 0 aliphatic carbocycles. The SMILES string of the molecule is CNc1ccccc1C(=O)OCC(=O)Nc1ccccc1C#N. The maximum absolute atomic E-state index is 12.0. The van der Waals surface area contributed by atoms with Crippen molar-refractivity contribution in [2.24, 2.45) is 0 Å². The van der Waals surface area contributed by atoms with Crippen LogP contribution < -0.4 is 10.6 Å². The molecule has 1 amide bonds. The lowest BCUT2D eigenvalue weighted by molar-refractivity contribution is -0.119. The number of hydrogen-bond acceptors (Lipinski definition) is 5. The highest BCUT2D eigenvalue weighted by Crippen LogP contribution is 2.16. The molecule has 0 unspecified atom stereocenters. The Balaban J connectivity index is 1.97. The van der Waals surface area contributed by atoms with Crippen molar-refractivity contribution in [1.29, 1.82) is 5.26 Å². The number of rotatable bonds is 5. The third-order valence-corrected chi connectivity index (χ3v) is 3.07. The fraction of sp³-hybridized carbons (Fsp3) is 0.118. The summed E-state index contributed by atoms with van der Waals surface area (Å²) < 4.78 is 5.00. The van der Waals surface area contributed by atoms with Gasteiger partial charge in [0.1, 0.15) is 6.07 Å². The third kappa shape index (κ3) is 4.08. The van der Waals surface area contributed by atoms with Crippen LogP contribution in [-0.4, -0.2) is 25.5 Å². The molecule has 0 radical (unpaired) electrons. The fourth-order valence-electron chi connectivity index (χ4n) is 1.96. The summed E-state index contributed by atoms with van der Waals surface area (Å²) in [5, 5.41) is 14.4. The Morgan fingerprint density at radius 3 is 2.43 bits per heavy atom. The molecule has 0 spiro atoms. The van der Waals surface area contributed by atoms with E-state index >= 15 is 0 Å². The lowest BCUT2D eigenvalue weighted by Gasteiger charge is -2.10. The number of anilines is 2. The van der Waals surface area contributed by atoms with Gasteiger partial charge in [-0.3, -0.25) is 4.79 Å². The van der Waals surface area contributed by atoms with Gasteiger partial charge in [0.05, 0.1) is 16.8 Å². The van der Waals surface area contributed by atoms with E-state index in [9.17, 15) is 9.59 Å². The van der Waals surface area contributed by atoms with E-state index in [4.69, 9.17) is 10.00 Å². The average molecular weight is 309 g/mol. The van der Waals surface area contributed by atoms with E-state index < -0.39 is 18.5 Å². The molecular weight excluding hydrogens is 294 g/mol. The second kappa shape index (κ2) is 7.61. The molecule has 0 atom stereocenters. The Morgan fingerprint density at radius 1 is 1.09 bits per heavy atom. The molecule has 2 aromatic rings. The summed E-state index contributed by atoms with van der Waals surface area (Å²) in [4.78, 5) is 23.9. The first-order valence-electron chi connectivity index (χ1n) is 6.88. The maximum atomic E-state index is 12.0. The Labute approximate surface area is 133 Å². The van der Waals surface area contributed by atoms with Crippen LogP contribution in [-0.2, 0) is 9.53 Å². The zero-order chi connectivity index (χ0) is 16.7. The number of nitrogens with zero attached hydrogens (tertiary/aromatic N) is 1. The van der Waals surface area contributed by atoms with E-state index in [2.05, 4.69) is 10.6 Å². The molecule has 2 aromatic carbocycles. The van der Waals surface area contributed by atoms with Gasteiger partial charge in [-0.05, 0) is 24.3 Å². The molecule has 0 saturated heterocycles. The summed E-state index contributed by atoms with van der Waals surface area (Å²) in [6, 6.07) is 15.4. The van der Waals surface area contributed by atoms with E-state index in [1.807, 2.05) is 6.07 Å². The number of carbonyl (C=O) groups excluding carboxylic acids is 2. The summed E-state index contributed by atoms with van der Waals surface area (Å²) in [7, 11) is 1.69. The predicted molar refractivity (Wildman–Crippen MR) is 86.1 cm³/mol. The van der Waals surface area contributed by atoms with Crippen LogP contribution >= 0.6 is 0 Å². The van der Waals surface area contributed by atoms with E-state index in [1.54, 1.807) is 55.6 Å². The normalized spacial score (nSPS) is 9.57. The first kappa shape index (κ1) is 16.0. The number of hydrogen-bond donors (Lipinski definition) is 2. The van der Waals surface area contributed by atoms with Crippen LogP contribution in [0.3, 0.4) is 0 Å². The van der Waals surface area contributed by atoms with E-state index in [0.29, 0.717) is 22.5 Å². The second-order valence-electron chi connectivity index (χ2n) is 4.58. The summed E-state index contributed by atoms with van der Waals surface area (Å²) in [6.45, 7) is -0.434. The highest BCUT2D eigenvalue weighted by Gasteiger charge is 2.14. The third-order valence-electron chi connectivity index (χ3n) is 3.07. The zero-order valence-electron chi connectivity index (χ0n) is 12.5. The molecule has 0 heterocycles. The molecule has 6 heteroatoms. The first-order valence-corrected chi connectivity index (χ1v) is 6.88. The van der Waals surface area contributed by atoms with Crippen molar-refractivity contribution in [2.45, 2.75) is 0 Å². The molecule has 0 bridgehead atoms. The van der Waals surface area contributed by atoms with Crippen LogP contribution in [0.1, 0.15) is 15.9 Å². The number of carbonyl (C=O) groups is 2. The van der Waals surface area contributed by atoms with E-state index in [1.165, 1.54) is 0 Å². The van der Waals surface area contributed by atoms with Crippen molar-refractivity contribution in [3.05, 3.63) is 59.7 Å². The molecule has 116 valence electrons. The highest BCUT2D eigenvalue weighted by molar-refractivity contribution is 5.98. The van der Waals surface area contributed by atoms with Crippen molar-refractivity contribution < 1.29 is 14.3 Å². The number of benzene rings is 2. The smallest absolute Gasteiger partial charge is 0.340 e. The van der Waals surface area contributed by atoms with Gasteiger partial charge in [0.15, 0.2) is 6.61 Å². The number of para-hydroxylation sites is 2. The molecule has 0 fully saturated rings. The average Bonchev–Trinajstić information content (AvgIpc) is 2.60. The molecule has 6 nitrogen and oxygen atoms in total. The van der Waals surface area contributed by atoms with Crippen molar-refractivity contribution in [2.75, 3.05) is 24.3 Å². The maximum Gasteiger partial charge on any atom is 0.340 e. The molecule has 0 aromatic heterocycles. The standard InChI is InChI=1S/C17H15N3O3/c1-19-15-9-5-3-7-13(15)17(22)23-11-16(21)20-14-8-4-2-6-12(14)10-18/h2-9,19H,11H2,1H3,(H,20,21). The monoisotopic (exact) mass is 309 g/mol. The summed E-state index contributed by atoms with van der Waals surface area (Å²) in [5.41, 5.74) is 1.69. The van der Waals surface area contributed by atoms with E-state index in [-0.39, 0.29) is 0 Å². The molecule has 0 aliphatic rings. The number of nitriles is 1. The van der Waals surface area contributed by atoms with Gasteiger partial charge in [-0.15, -0.1) is 0 Å². The van der Waals surface area contributed by atoms with Crippen molar-refractivity contribution in [1.82, 2.24) is 0 Å². The molecule has 2 N–H and O–H groups in total. The topological polar surface area (TPSA) is 91.2 Å². The molecule has 2 rings (SSSR count). The number of ether oxygens (including phenoxy) is 1. The van der Waals surface area contributed by atoms with Crippen LogP contribution in [0.2, 0.25) is 0 Å². The second-order valence-corrected chi connectivity index (χ2v) is 4.58. The summed E-state index contributed by atoms with van der Waals surface area (Å²) in [6.07, 6.45) is 0. The van der Waals surface area contributed by atoms with Crippen LogP contribution in [0, 0.1) is 11.3 Å². The van der Waals surface area contributed by atoms with Gasteiger partial charge in [-0.25, -0.2) is 4.79 Å². The van der Waals surface area contributed by atoms with Crippen molar-refractivity contribution in [3.63, 3.8) is 0 Å². The minimum absolute atomic E-state index is 0.340. The minimum Gasteiger partial charge on any atom is -0.452 e. The van der Waals surface area contributed by atoms with Gasteiger partial charge in [0, 0.05) is 12.7 Å². The molecule has 0 saturated carbocycles. The molecule has 0 aliphatic heterocycles. The molecule has 23 heavy (non-hydrogen) atoms. The lowest BCUT2D eigenvalue weighted by atomic mass is 10.2. The van der Waals surface area contributed by atoms with Crippen LogP contribution in [0.4, 0.5) is 11.4 Å². The Kier molecular flexibility index (Phi) is 5.31. The number of amides is 1. The predicted octanol–water partition coefficient (Wildman–Crippen LogP) is 2.40. The number of esters is 1. The lowest BCUT2D eigenvalue weighted by Crippen LogP contribution is -2.21. The Bertz CT molecular complexity index is 766. The van der Waals surface area contributed by atoms with Gasteiger partial charge in [0.25, 0.3) is 5.91 Å². The highest BCUT2D eigenvalue weighted by atomic mass is 16.5. The van der Waals surface area contributed by atoms with Gasteiger partial charge < -0.3 is 15.4 Å². The van der Waals surface area contributed by atoms with Gasteiger partial charge in [0.2, 0.25) is 0 Å².